The summed E-state index contributed by atoms with van der Waals surface area (Å²) in [6, 6.07) is 4.27. The summed E-state index contributed by atoms with van der Waals surface area (Å²) in [5.74, 6) is 0. The van der Waals surface area contributed by atoms with Gasteiger partial charge in [-0.15, -0.1) is 0 Å². The molecule has 0 radical (unpaired) electrons. The van der Waals surface area contributed by atoms with Gasteiger partial charge in [0.25, 0.3) is 0 Å². The maximum atomic E-state index is 12.2. The van der Waals surface area contributed by atoms with E-state index >= 15 is 0 Å². The van der Waals surface area contributed by atoms with E-state index < -0.39 is 10.0 Å². The van der Waals surface area contributed by atoms with Gasteiger partial charge in [0.2, 0.25) is 10.0 Å². The number of likely N-dealkylation sites (N-methyl/N-ethyl adjacent to an activating group) is 1. The first-order valence-electron chi connectivity index (χ1n) is 5.88. The fourth-order valence-corrected chi connectivity index (χ4v) is 2.71. The Morgan fingerprint density at radius 1 is 1.42 bits per heavy atom. The third-order valence-corrected chi connectivity index (χ3v) is 4.73. The van der Waals surface area contributed by atoms with E-state index in [1.165, 1.54) is 29.6 Å². The van der Waals surface area contributed by atoms with E-state index in [0.717, 1.165) is 0 Å². The summed E-state index contributed by atoms with van der Waals surface area (Å²) in [7, 11) is -2.06. The van der Waals surface area contributed by atoms with Gasteiger partial charge in [-0.1, -0.05) is 11.6 Å². The van der Waals surface area contributed by atoms with Crippen molar-refractivity contribution in [3.8, 4) is 0 Å². The van der Waals surface area contributed by atoms with E-state index in [0.29, 0.717) is 11.6 Å². The van der Waals surface area contributed by atoms with Crippen LogP contribution < -0.4 is 5.73 Å². The normalized spacial score (nSPS) is 12.3. The van der Waals surface area contributed by atoms with Gasteiger partial charge in [-0.05, 0) is 32.0 Å². The SMILES string of the molecule is CC(C)OCCN(C)S(=O)(=O)c1ccc(Cl)c(N)c1. The number of sulfonamides is 1. The molecule has 0 fully saturated rings. The number of hydrogen-bond donors (Lipinski definition) is 1. The molecule has 108 valence electrons. The van der Waals surface area contributed by atoms with Crippen molar-refractivity contribution < 1.29 is 13.2 Å². The molecule has 2 N–H and O–H groups in total. The van der Waals surface area contributed by atoms with Gasteiger partial charge in [-0.3, -0.25) is 0 Å². The summed E-state index contributed by atoms with van der Waals surface area (Å²) in [6.07, 6.45) is 0.0716. The predicted octanol–water partition coefficient (Wildman–Crippen LogP) is 1.97. The van der Waals surface area contributed by atoms with Crippen LogP contribution in [0.25, 0.3) is 0 Å². The van der Waals surface area contributed by atoms with E-state index in [-0.39, 0.29) is 23.2 Å². The molecule has 0 aliphatic heterocycles. The van der Waals surface area contributed by atoms with Gasteiger partial charge in [-0.2, -0.15) is 4.31 Å². The number of rotatable bonds is 6. The molecule has 0 bridgehead atoms. The van der Waals surface area contributed by atoms with Crippen LogP contribution in [-0.2, 0) is 14.8 Å². The summed E-state index contributed by atoms with van der Waals surface area (Å²) < 4.78 is 31.1. The summed E-state index contributed by atoms with van der Waals surface area (Å²) in [4.78, 5) is 0.126. The Morgan fingerprint density at radius 2 is 2.05 bits per heavy atom. The van der Waals surface area contributed by atoms with Crippen LogP contribution in [0.5, 0.6) is 0 Å². The molecule has 1 aromatic rings. The highest BCUT2D eigenvalue weighted by Gasteiger charge is 2.21. The Kier molecular flexibility index (Phi) is 5.61. The van der Waals surface area contributed by atoms with Gasteiger partial charge in [0.05, 0.1) is 28.3 Å². The molecule has 0 saturated carbocycles. The summed E-state index contributed by atoms with van der Waals surface area (Å²) in [5.41, 5.74) is 5.86. The number of benzene rings is 1. The highest BCUT2D eigenvalue weighted by Crippen LogP contribution is 2.23. The minimum atomic E-state index is -3.56. The van der Waals surface area contributed by atoms with Gasteiger partial charge in [0.15, 0.2) is 0 Å². The number of anilines is 1. The van der Waals surface area contributed by atoms with Gasteiger partial charge in [0.1, 0.15) is 0 Å². The lowest BCUT2D eigenvalue weighted by atomic mass is 10.3. The number of nitrogen functional groups attached to an aromatic ring is 1. The maximum absolute atomic E-state index is 12.2. The molecule has 0 unspecified atom stereocenters. The van der Waals surface area contributed by atoms with E-state index in [4.69, 9.17) is 22.1 Å². The van der Waals surface area contributed by atoms with E-state index in [9.17, 15) is 8.42 Å². The first-order chi connectivity index (χ1) is 8.75. The highest BCUT2D eigenvalue weighted by atomic mass is 35.5. The van der Waals surface area contributed by atoms with Crippen molar-refractivity contribution >= 4 is 27.3 Å². The van der Waals surface area contributed by atoms with Crippen LogP contribution >= 0.6 is 11.6 Å². The van der Waals surface area contributed by atoms with E-state index in [1.807, 2.05) is 13.8 Å². The second kappa shape index (κ2) is 6.56. The minimum Gasteiger partial charge on any atom is -0.397 e. The molecule has 0 amide bonds. The second-order valence-electron chi connectivity index (χ2n) is 4.43. The smallest absolute Gasteiger partial charge is 0.242 e. The fourth-order valence-electron chi connectivity index (χ4n) is 1.40. The van der Waals surface area contributed by atoms with Crippen molar-refractivity contribution in [3.05, 3.63) is 23.2 Å². The number of halogens is 1. The van der Waals surface area contributed by atoms with Crippen LogP contribution in [0.1, 0.15) is 13.8 Å². The van der Waals surface area contributed by atoms with Crippen molar-refractivity contribution in [2.24, 2.45) is 0 Å². The van der Waals surface area contributed by atoms with Crippen molar-refractivity contribution in [1.82, 2.24) is 4.31 Å². The number of hydrogen-bond acceptors (Lipinski definition) is 4. The number of ether oxygens (including phenoxy) is 1. The Balaban J connectivity index is 2.81. The second-order valence-corrected chi connectivity index (χ2v) is 6.88. The maximum Gasteiger partial charge on any atom is 0.242 e. The van der Waals surface area contributed by atoms with Crippen LogP contribution in [0.2, 0.25) is 5.02 Å². The molecular weight excluding hydrogens is 288 g/mol. The van der Waals surface area contributed by atoms with Crippen molar-refractivity contribution in [2.75, 3.05) is 25.9 Å². The van der Waals surface area contributed by atoms with Crippen LogP contribution in [0.15, 0.2) is 23.1 Å². The highest BCUT2D eigenvalue weighted by molar-refractivity contribution is 7.89. The van der Waals surface area contributed by atoms with Gasteiger partial charge in [0, 0.05) is 13.6 Å². The predicted molar refractivity (Wildman–Crippen MR) is 76.8 cm³/mol. The minimum absolute atomic E-state index is 0.0716. The first-order valence-corrected chi connectivity index (χ1v) is 7.70. The molecule has 7 heteroatoms. The van der Waals surface area contributed by atoms with Gasteiger partial charge < -0.3 is 10.5 Å². The van der Waals surface area contributed by atoms with Gasteiger partial charge >= 0.3 is 0 Å². The molecule has 0 aliphatic carbocycles. The summed E-state index contributed by atoms with van der Waals surface area (Å²) >= 11 is 5.78. The zero-order valence-electron chi connectivity index (χ0n) is 11.3. The van der Waals surface area contributed by atoms with Crippen LogP contribution in [-0.4, -0.2) is 39.0 Å². The molecular formula is C12H19ClN2O3S. The third kappa shape index (κ3) is 4.35. The van der Waals surface area contributed by atoms with Crippen molar-refractivity contribution in [1.29, 1.82) is 0 Å². The summed E-state index contributed by atoms with van der Waals surface area (Å²) in [5, 5.41) is 0.338. The lowest BCUT2D eigenvalue weighted by molar-refractivity contribution is 0.0737. The Labute approximate surface area is 119 Å². The van der Waals surface area contributed by atoms with Gasteiger partial charge in [-0.25, -0.2) is 8.42 Å². The molecule has 19 heavy (non-hydrogen) atoms. The van der Waals surface area contributed by atoms with Crippen LogP contribution in [0, 0.1) is 0 Å². The first kappa shape index (κ1) is 16.2. The van der Waals surface area contributed by atoms with E-state index in [2.05, 4.69) is 0 Å². The molecule has 1 aromatic carbocycles. The molecule has 0 atom stereocenters. The number of nitrogens with zero attached hydrogens (tertiary/aromatic N) is 1. The standard InChI is InChI=1S/C12H19ClN2O3S/c1-9(2)18-7-6-15(3)19(16,17)10-4-5-11(13)12(14)8-10/h4-5,8-9H,6-7,14H2,1-3H3. The zero-order chi connectivity index (χ0) is 14.6. The Hall–Kier alpha value is -0.820. The molecule has 0 spiro atoms. The lowest BCUT2D eigenvalue weighted by Crippen LogP contribution is -2.31. The average molecular weight is 307 g/mol. The fraction of sp³-hybridized carbons (Fsp3) is 0.500. The molecule has 0 aliphatic rings. The monoisotopic (exact) mass is 306 g/mol. The molecule has 0 heterocycles. The zero-order valence-corrected chi connectivity index (χ0v) is 12.8. The van der Waals surface area contributed by atoms with Crippen LogP contribution in [0.3, 0.4) is 0 Å². The summed E-state index contributed by atoms with van der Waals surface area (Å²) in [6.45, 7) is 4.42. The van der Waals surface area contributed by atoms with E-state index in [1.54, 1.807) is 0 Å². The Bertz CT molecular complexity index is 532. The molecule has 5 nitrogen and oxygen atoms in total. The molecule has 1 rings (SSSR count). The molecule has 0 saturated heterocycles. The Morgan fingerprint density at radius 3 is 2.58 bits per heavy atom. The molecule has 0 aromatic heterocycles. The quantitative estimate of drug-likeness (QED) is 0.816. The van der Waals surface area contributed by atoms with Crippen LogP contribution in [0.4, 0.5) is 5.69 Å². The number of nitrogens with two attached hydrogens (primary N) is 1. The average Bonchev–Trinajstić information content (AvgIpc) is 2.31. The largest absolute Gasteiger partial charge is 0.397 e. The third-order valence-electron chi connectivity index (χ3n) is 2.53. The van der Waals surface area contributed by atoms with Crippen molar-refractivity contribution in [3.63, 3.8) is 0 Å². The topological polar surface area (TPSA) is 72.6 Å². The lowest BCUT2D eigenvalue weighted by Gasteiger charge is -2.18. The van der Waals surface area contributed by atoms with Crippen molar-refractivity contribution in [2.45, 2.75) is 24.8 Å².